The Hall–Kier alpha value is -4.76. The van der Waals surface area contributed by atoms with Crippen LogP contribution in [0.25, 0.3) is 0 Å². The molecule has 1 fully saturated rings. The molecule has 0 saturated carbocycles. The number of carbonyl (C=O) groups excluding carboxylic acids is 3. The maximum Gasteiger partial charge on any atom is 0.352 e. The predicted molar refractivity (Wildman–Crippen MR) is 161 cm³/mol. The highest BCUT2D eigenvalue weighted by Crippen LogP contribution is 2.40. The van der Waals surface area contributed by atoms with Gasteiger partial charge in [0.2, 0.25) is 29.2 Å². The van der Waals surface area contributed by atoms with Gasteiger partial charge in [-0.2, -0.15) is 9.36 Å². The number of carbonyl (C=O) groups is 5. The van der Waals surface area contributed by atoms with Crippen LogP contribution in [-0.2, 0) is 42.4 Å². The molecule has 4 heterocycles. The number of nitrogens with one attached hydrogen (secondary N) is 3. The van der Waals surface area contributed by atoms with Crippen LogP contribution in [-0.4, -0.2) is 101 Å². The zero-order valence-electron chi connectivity index (χ0n) is 24.6. The number of β-lactam (4-membered cyclic amide) rings is 1. The van der Waals surface area contributed by atoms with Crippen molar-refractivity contribution in [2.45, 2.75) is 43.8 Å². The van der Waals surface area contributed by atoms with E-state index in [9.17, 15) is 34.2 Å². The van der Waals surface area contributed by atoms with Gasteiger partial charge in [-0.15, -0.1) is 21.1 Å². The number of anilines is 3. The SMILES string of the molecule is CNCCC(=O)Nc1c[n+](CC2=C(C(=O)O)N3C(=O)[C@@H](NC(=O)/C(=N\OC(C)(C)C(=O)O)c4nsc(N)n4)[C@H]3SC2)n(C)c1N. The van der Waals surface area contributed by atoms with E-state index in [-0.39, 0.29) is 47.1 Å². The number of nitrogen functional groups attached to an aromatic ring is 2. The minimum atomic E-state index is -1.81. The van der Waals surface area contributed by atoms with E-state index in [1.165, 1.54) is 25.6 Å². The number of carboxylic acid groups (broad SMARTS) is 2. The highest BCUT2D eigenvalue weighted by atomic mass is 32.2. The summed E-state index contributed by atoms with van der Waals surface area (Å²) in [5.74, 6) is -4.42. The Morgan fingerprint density at radius 1 is 1.27 bits per heavy atom. The van der Waals surface area contributed by atoms with E-state index in [1.54, 1.807) is 29.7 Å². The predicted octanol–water partition coefficient (Wildman–Crippen LogP) is -2.10. The summed E-state index contributed by atoms with van der Waals surface area (Å²) in [6.07, 6.45) is 1.80. The Morgan fingerprint density at radius 2 is 1.98 bits per heavy atom. The van der Waals surface area contributed by atoms with Gasteiger partial charge in [-0.05, 0) is 20.9 Å². The molecule has 0 unspecified atom stereocenters. The molecule has 21 heteroatoms. The van der Waals surface area contributed by atoms with Gasteiger partial charge in [0.25, 0.3) is 11.8 Å². The number of carboxylic acids is 2. The number of rotatable bonds is 13. The molecule has 2 aliphatic heterocycles. The van der Waals surface area contributed by atoms with Crippen molar-refractivity contribution in [3.05, 3.63) is 23.3 Å². The van der Waals surface area contributed by atoms with Gasteiger partial charge in [-0.25, -0.2) is 9.59 Å². The molecule has 2 aromatic rings. The van der Waals surface area contributed by atoms with Crippen LogP contribution >= 0.6 is 23.3 Å². The molecule has 19 nitrogen and oxygen atoms in total. The van der Waals surface area contributed by atoms with Gasteiger partial charge in [-0.1, -0.05) is 5.16 Å². The minimum Gasteiger partial charge on any atom is -0.478 e. The Morgan fingerprint density at radius 3 is 2.58 bits per heavy atom. The molecule has 0 spiro atoms. The molecule has 242 valence electrons. The lowest BCUT2D eigenvalue weighted by atomic mass is 10.0. The number of aromatic nitrogens is 4. The van der Waals surface area contributed by atoms with Gasteiger partial charge in [-0.3, -0.25) is 19.3 Å². The second kappa shape index (κ2) is 13.1. The second-order valence-corrected chi connectivity index (χ2v) is 12.3. The van der Waals surface area contributed by atoms with Crippen molar-refractivity contribution >= 4 is 75.3 Å². The highest BCUT2D eigenvalue weighted by molar-refractivity contribution is 8.00. The quantitative estimate of drug-likeness (QED) is 0.0522. The molecule has 2 aliphatic rings. The van der Waals surface area contributed by atoms with E-state index in [0.29, 0.717) is 17.8 Å². The molecule has 0 aliphatic carbocycles. The third-order valence-corrected chi connectivity index (χ3v) is 8.68. The van der Waals surface area contributed by atoms with Gasteiger partial charge >= 0.3 is 11.9 Å². The van der Waals surface area contributed by atoms with Gasteiger partial charge in [0.1, 0.15) is 17.1 Å². The number of nitrogens with two attached hydrogens (primary N) is 2. The molecule has 4 rings (SSSR count). The molecule has 3 amide bonds. The number of hydrogen-bond acceptors (Lipinski definition) is 14. The number of fused-ring (bicyclic) bond motifs is 1. The van der Waals surface area contributed by atoms with E-state index >= 15 is 0 Å². The summed E-state index contributed by atoms with van der Waals surface area (Å²) in [6, 6.07) is -1.15. The summed E-state index contributed by atoms with van der Waals surface area (Å²) in [7, 11) is 3.37. The smallest absolute Gasteiger partial charge is 0.352 e. The first-order valence-corrected chi connectivity index (χ1v) is 15.1. The number of oxime groups is 1. The van der Waals surface area contributed by atoms with Gasteiger partial charge < -0.3 is 42.5 Å². The lowest BCUT2D eigenvalue weighted by Crippen LogP contribution is -2.71. The van der Waals surface area contributed by atoms with Crippen LogP contribution in [0.15, 0.2) is 22.6 Å². The summed E-state index contributed by atoms with van der Waals surface area (Å²) >= 11 is 1.98. The number of thioether (sulfide) groups is 1. The minimum absolute atomic E-state index is 0.00151. The van der Waals surface area contributed by atoms with Crippen LogP contribution in [0, 0.1) is 0 Å². The normalized spacial score (nSPS) is 18.3. The van der Waals surface area contributed by atoms with Crippen molar-refractivity contribution in [3.63, 3.8) is 0 Å². The molecule has 1 saturated heterocycles. The lowest BCUT2D eigenvalue weighted by Gasteiger charge is -2.49. The fourth-order valence-corrected chi connectivity index (χ4v) is 6.01. The average molecular weight is 667 g/mol. The first-order valence-electron chi connectivity index (χ1n) is 13.3. The first-order chi connectivity index (χ1) is 21.2. The maximum absolute atomic E-state index is 13.3. The van der Waals surface area contributed by atoms with Crippen molar-refractivity contribution in [1.82, 2.24) is 29.6 Å². The van der Waals surface area contributed by atoms with Gasteiger partial charge in [0.15, 0.2) is 23.2 Å². The Balaban J connectivity index is 1.54. The highest BCUT2D eigenvalue weighted by Gasteiger charge is 2.55. The molecule has 0 radical (unpaired) electrons. The van der Waals surface area contributed by atoms with Crippen molar-refractivity contribution < 1.29 is 43.7 Å². The van der Waals surface area contributed by atoms with Crippen LogP contribution in [0.2, 0.25) is 0 Å². The summed E-state index contributed by atoms with van der Waals surface area (Å²) in [5, 5.41) is 30.4. The van der Waals surface area contributed by atoms with Crippen LogP contribution < -0.4 is 32.1 Å². The third kappa shape index (κ3) is 6.83. The summed E-state index contributed by atoms with van der Waals surface area (Å²) in [6.45, 7) is 2.94. The van der Waals surface area contributed by atoms with Crippen LogP contribution in [0.5, 0.6) is 0 Å². The molecule has 2 atom stereocenters. The summed E-state index contributed by atoms with van der Waals surface area (Å²) in [4.78, 5) is 72.6. The number of hydrogen-bond donors (Lipinski definition) is 7. The Labute approximate surface area is 263 Å². The van der Waals surface area contributed by atoms with Gasteiger partial charge in [0, 0.05) is 35.8 Å². The van der Waals surface area contributed by atoms with E-state index in [0.717, 1.165) is 16.4 Å². The molecule has 45 heavy (non-hydrogen) atoms. The zero-order chi connectivity index (χ0) is 33.2. The van der Waals surface area contributed by atoms with E-state index in [4.69, 9.17) is 16.3 Å². The van der Waals surface area contributed by atoms with Crippen molar-refractivity contribution in [2.75, 3.05) is 36.1 Å². The first kappa shape index (κ1) is 33.1. The van der Waals surface area contributed by atoms with Crippen LogP contribution in [0.1, 0.15) is 26.1 Å². The monoisotopic (exact) mass is 666 g/mol. The largest absolute Gasteiger partial charge is 0.478 e. The second-order valence-electron chi connectivity index (χ2n) is 10.4. The standard InChI is InChI=1S/C24H31N11O8S2/c1-24(2,22(41)42)43-31-13(17-30-23(26)45-32-17)18(37)29-14-19(38)35-15(21(39)40)10(9-44-20(14)35)7-34-8-11(16(25)33(34)4)28-12(36)5-6-27-3/h8,14,20,25,27H,5-7,9H2,1-4H3,(H6,26,28,29,30,32,36,37,39,40,41,42)/p+1/b31-13-/t14-,20-/m1/s1. The average Bonchev–Trinajstić information content (AvgIpc) is 3.52. The lowest BCUT2D eigenvalue weighted by molar-refractivity contribution is -0.765. The zero-order valence-corrected chi connectivity index (χ0v) is 26.2. The number of amides is 3. The van der Waals surface area contributed by atoms with E-state index in [1.807, 2.05) is 0 Å². The Bertz CT molecular complexity index is 1620. The molecular weight excluding hydrogens is 634 g/mol. The maximum atomic E-state index is 13.3. The van der Waals surface area contributed by atoms with E-state index < -0.39 is 46.5 Å². The fraction of sp³-hybridized carbons (Fsp3) is 0.458. The van der Waals surface area contributed by atoms with Crippen molar-refractivity contribution in [1.29, 1.82) is 0 Å². The third-order valence-electron chi connectivity index (χ3n) is 6.80. The topological polar surface area (TPSA) is 273 Å². The summed E-state index contributed by atoms with van der Waals surface area (Å²) < 4.78 is 7.08. The van der Waals surface area contributed by atoms with Crippen molar-refractivity contribution in [3.8, 4) is 0 Å². The van der Waals surface area contributed by atoms with E-state index in [2.05, 4.69) is 30.5 Å². The number of aliphatic carboxylic acids is 2. The molecule has 9 N–H and O–H groups in total. The molecular formula is C24H32N11O8S2+. The molecule has 0 bridgehead atoms. The molecule has 0 aromatic carbocycles. The van der Waals surface area contributed by atoms with Crippen LogP contribution in [0.3, 0.4) is 0 Å². The van der Waals surface area contributed by atoms with Crippen LogP contribution in [0.4, 0.5) is 16.6 Å². The number of nitrogens with zero attached hydrogens (tertiary/aromatic N) is 6. The van der Waals surface area contributed by atoms with Crippen molar-refractivity contribution in [2.24, 2.45) is 12.2 Å². The fourth-order valence-electron chi connectivity index (χ4n) is 4.24. The summed E-state index contributed by atoms with van der Waals surface area (Å²) in [5.41, 5.74) is 9.97. The van der Waals surface area contributed by atoms with Gasteiger partial charge in [0.05, 0.1) is 7.05 Å². The molecule has 2 aromatic heterocycles. The Kier molecular flexibility index (Phi) is 9.63.